The molecule has 1 aromatic rings. The fraction of sp³-hybridized carbons (Fsp3) is 0.750. The topological polar surface area (TPSA) is 59.1 Å². The molecule has 0 radical (unpaired) electrons. The number of aryl methyl sites for hydroxylation is 1. The van der Waals surface area contributed by atoms with Gasteiger partial charge in [0.2, 0.25) is 0 Å². The molecule has 5 heteroatoms. The van der Waals surface area contributed by atoms with E-state index in [9.17, 15) is 0 Å². The molecule has 0 amide bonds. The second kappa shape index (κ2) is 8.82. The molecule has 0 atom stereocenters. The Hall–Kier alpha value is -1.36. The number of nitrogens with zero attached hydrogens (tertiary/aromatic N) is 2. The molecule has 0 aliphatic rings. The van der Waals surface area contributed by atoms with Gasteiger partial charge >= 0.3 is 0 Å². The normalized spacial score (nSPS) is 11.5. The molecule has 1 rings (SSSR count). The van der Waals surface area contributed by atoms with Crippen LogP contribution in [-0.4, -0.2) is 36.8 Å². The standard InChI is InChI=1S/C16H30N4O/c1-6-8-13-19-14(17-7-2)11-15(20-13)18-12-16(3,4)9-10-21-5/h11H,6-10,12H2,1-5H3,(H2,17,18,19,20). The quantitative estimate of drug-likeness (QED) is 0.693. The summed E-state index contributed by atoms with van der Waals surface area (Å²) in [5.74, 6) is 2.69. The Balaban J connectivity index is 2.72. The number of nitrogens with one attached hydrogen (secondary N) is 2. The molecule has 0 spiro atoms. The highest BCUT2D eigenvalue weighted by Gasteiger charge is 2.17. The zero-order chi connectivity index (χ0) is 15.7. The van der Waals surface area contributed by atoms with Gasteiger partial charge in [-0.2, -0.15) is 0 Å². The Bertz CT molecular complexity index is 396. The maximum absolute atomic E-state index is 5.17. The first-order chi connectivity index (χ1) is 10.0. The Morgan fingerprint density at radius 2 is 1.81 bits per heavy atom. The lowest BCUT2D eigenvalue weighted by Gasteiger charge is -2.25. The average molecular weight is 294 g/mol. The van der Waals surface area contributed by atoms with Gasteiger partial charge in [0.1, 0.15) is 17.5 Å². The van der Waals surface area contributed by atoms with Gasteiger partial charge in [0, 0.05) is 39.3 Å². The maximum Gasteiger partial charge on any atom is 0.133 e. The molecular weight excluding hydrogens is 264 g/mol. The first kappa shape index (κ1) is 17.7. The first-order valence-electron chi connectivity index (χ1n) is 7.85. The molecule has 0 unspecified atom stereocenters. The van der Waals surface area contributed by atoms with Crippen LogP contribution < -0.4 is 10.6 Å². The van der Waals surface area contributed by atoms with Gasteiger partial charge < -0.3 is 15.4 Å². The fourth-order valence-electron chi connectivity index (χ4n) is 1.99. The molecule has 1 aromatic heterocycles. The summed E-state index contributed by atoms with van der Waals surface area (Å²) in [5.41, 5.74) is 0.171. The maximum atomic E-state index is 5.17. The van der Waals surface area contributed by atoms with Gasteiger partial charge in [-0.1, -0.05) is 20.8 Å². The third-order valence-corrected chi connectivity index (χ3v) is 3.33. The van der Waals surface area contributed by atoms with Crippen molar-refractivity contribution in [3.8, 4) is 0 Å². The molecule has 0 aliphatic carbocycles. The summed E-state index contributed by atoms with van der Waals surface area (Å²) in [7, 11) is 1.74. The fourth-order valence-corrected chi connectivity index (χ4v) is 1.99. The van der Waals surface area contributed by atoms with Crippen molar-refractivity contribution in [1.29, 1.82) is 0 Å². The lowest BCUT2D eigenvalue weighted by atomic mass is 9.90. The molecule has 2 N–H and O–H groups in total. The predicted octanol–water partition coefficient (Wildman–Crippen LogP) is 3.34. The highest BCUT2D eigenvalue weighted by molar-refractivity contribution is 5.47. The van der Waals surface area contributed by atoms with E-state index in [1.165, 1.54) is 0 Å². The molecule has 0 aromatic carbocycles. The Morgan fingerprint density at radius 1 is 1.14 bits per heavy atom. The van der Waals surface area contributed by atoms with Gasteiger partial charge in [0.25, 0.3) is 0 Å². The van der Waals surface area contributed by atoms with Gasteiger partial charge in [-0.25, -0.2) is 9.97 Å². The largest absolute Gasteiger partial charge is 0.385 e. The first-order valence-corrected chi connectivity index (χ1v) is 7.85. The third kappa shape index (κ3) is 6.76. The van der Waals surface area contributed by atoms with Gasteiger partial charge in [-0.3, -0.25) is 0 Å². The van der Waals surface area contributed by atoms with Crippen molar-refractivity contribution in [3.05, 3.63) is 11.9 Å². The number of hydrogen-bond acceptors (Lipinski definition) is 5. The molecule has 21 heavy (non-hydrogen) atoms. The Morgan fingerprint density at radius 3 is 2.38 bits per heavy atom. The van der Waals surface area contributed by atoms with E-state index in [1.54, 1.807) is 7.11 Å². The molecule has 1 heterocycles. The summed E-state index contributed by atoms with van der Waals surface area (Å²) >= 11 is 0. The van der Waals surface area contributed by atoms with Crippen LogP contribution >= 0.6 is 0 Å². The van der Waals surface area contributed by atoms with Crippen LogP contribution in [0.15, 0.2) is 6.07 Å². The summed E-state index contributed by atoms with van der Waals surface area (Å²) in [5, 5.41) is 6.71. The summed E-state index contributed by atoms with van der Waals surface area (Å²) < 4.78 is 5.17. The molecule has 0 aliphatic heterocycles. The van der Waals surface area contributed by atoms with Gasteiger partial charge in [0.05, 0.1) is 0 Å². The van der Waals surface area contributed by atoms with Crippen LogP contribution in [0.25, 0.3) is 0 Å². The number of ether oxygens (including phenoxy) is 1. The van der Waals surface area contributed by atoms with E-state index in [-0.39, 0.29) is 5.41 Å². The summed E-state index contributed by atoms with van der Waals surface area (Å²) in [6.45, 7) is 11.2. The SMILES string of the molecule is CCCc1nc(NCC)cc(NCC(C)(C)CCOC)n1. The smallest absolute Gasteiger partial charge is 0.133 e. The third-order valence-electron chi connectivity index (χ3n) is 3.33. The zero-order valence-corrected chi connectivity index (χ0v) is 14.1. The number of hydrogen-bond donors (Lipinski definition) is 2. The second-order valence-corrected chi connectivity index (χ2v) is 6.10. The van der Waals surface area contributed by atoms with Crippen molar-refractivity contribution >= 4 is 11.6 Å². The number of methoxy groups -OCH3 is 1. The summed E-state index contributed by atoms with van der Waals surface area (Å²) in [6.07, 6.45) is 2.97. The van der Waals surface area contributed by atoms with E-state index in [1.807, 2.05) is 6.07 Å². The zero-order valence-electron chi connectivity index (χ0n) is 14.1. The molecular formula is C16H30N4O. The molecule has 0 bridgehead atoms. The number of aromatic nitrogens is 2. The van der Waals surface area contributed by atoms with Gasteiger partial charge in [-0.05, 0) is 25.2 Å². The highest BCUT2D eigenvalue weighted by atomic mass is 16.5. The lowest BCUT2D eigenvalue weighted by molar-refractivity contribution is 0.157. The molecule has 120 valence electrons. The monoisotopic (exact) mass is 294 g/mol. The van der Waals surface area contributed by atoms with Crippen LogP contribution in [-0.2, 0) is 11.2 Å². The minimum atomic E-state index is 0.171. The molecule has 0 saturated heterocycles. The van der Waals surface area contributed by atoms with Crippen LogP contribution in [0.5, 0.6) is 0 Å². The van der Waals surface area contributed by atoms with E-state index in [0.29, 0.717) is 0 Å². The highest BCUT2D eigenvalue weighted by Crippen LogP contribution is 2.21. The van der Waals surface area contributed by atoms with E-state index in [0.717, 1.165) is 56.4 Å². The van der Waals surface area contributed by atoms with E-state index in [2.05, 4.69) is 48.3 Å². The van der Waals surface area contributed by atoms with Gasteiger partial charge in [-0.15, -0.1) is 0 Å². The minimum Gasteiger partial charge on any atom is -0.385 e. The van der Waals surface area contributed by atoms with Crippen LogP contribution in [0.4, 0.5) is 11.6 Å². The van der Waals surface area contributed by atoms with E-state index >= 15 is 0 Å². The van der Waals surface area contributed by atoms with Crippen molar-refractivity contribution in [1.82, 2.24) is 9.97 Å². The van der Waals surface area contributed by atoms with Crippen molar-refractivity contribution in [2.24, 2.45) is 5.41 Å². The minimum absolute atomic E-state index is 0.171. The summed E-state index contributed by atoms with van der Waals surface area (Å²) in [4.78, 5) is 9.12. The Kier molecular flexibility index (Phi) is 7.43. The number of anilines is 2. The van der Waals surface area contributed by atoms with Crippen molar-refractivity contribution in [2.75, 3.05) is 37.4 Å². The van der Waals surface area contributed by atoms with Crippen LogP contribution in [0.3, 0.4) is 0 Å². The summed E-state index contributed by atoms with van der Waals surface area (Å²) in [6, 6.07) is 1.98. The van der Waals surface area contributed by atoms with Crippen molar-refractivity contribution < 1.29 is 4.74 Å². The predicted molar refractivity (Wildman–Crippen MR) is 89.0 cm³/mol. The second-order valence-electron chi connectivity index (χ2n) is 6.10. The van der Waals surface area contributed by atoms with Crippen molar-refractivity contribution in [2.45, 2.75) is 47.0 Å². The van der Waals surface area contributed by atoms with Crippen LogP contribution in [0, 0.1) is 5.41 Å². The van der Waals surface area contributed by atoms with Crippen LogP contribution in [0.2, 0.25) is 0 Å². The lowest BCUT2D eigenvalue weighted by Crippen LogP contribution is -2.25. The number of rotatable bonds is 10. The molecule has 0 saturated carbocycles. The van der Waals surface area contributed by atoms with E-state index in [4.69, 9.17) is 4.74 Å². The average Bonchev–Trinajstić information content (AvgIpc) is 2.44. The molecule has 0 fully saturated rings. The molecule has 5 nitrogen and oxygen atoms in total. The Labute approximate surface area is 128 Å². The van der Waals surface area contributed by atoms with Gasteiger partial charge in [0.15, 0.2) is 0 Å². The van der Waals surface area contributed by atoms with Crippen LogP contribution in [0.1, 0.15) is 46.4 Å². The van der Waals surface area contributed by atoms with E-state index < -0.39 is 0 Å². The van der Waals surface area contributed by atoms with Crippen molar-refractivity contribution in [3.63, 3.8) is 0 Å².